The Morgan fingerprint density at radius 1 is 1.31 bits per heavy atom. The van der Waals surface area contributed by atoms with Crippen molar-refractivity contribution in [2.75, 3.05) is 12.3 Å². The summed E-state index contributed by atoms with van der Waals surface area (Å²) in [6.07, 6.45) is 6.52. The van der Waals surface area contributed by atoms with Crippen LogP contribution in [0.1, 0.15) is 52.9 Å². The highest BCUT2D eigenvalue weighted by atomic mass is 32.2. The van der Waals surface area contributed by atoms with Crippen molar-refractivity contribution in [2.45, 2.75) is 50.3 Å². The molecule has 2 aliphatic rings. The van der Waals surface area contributed by atoms with Gasteiger partial charge in [-0.3, -0.25) is 9.59 Å². The summed E-state index contributed by atoms with van der Waals surface area (Å²) in [6, 6.07) is 4.41. The Labute approximate surface area is 181 Å². The van der Waals surface area contributed by atoms with Crippen molar-refractivity contribution in [2.24, 2.45) is 0 Å². The lowest BCUT2D eigenvalue weighted by molar-refractivity contribution is -0.129. The molecule has 1 aliphatic carbocycles. The SMILES string of the molecule is O=C(CSCc1nc2sc3c(c2c(=O)[nH]1)CCCC3)N1CCCC1c1cccs1. The molecule has 0 radical (unpaired) electrons. The average molecular weight is 446 g/mol. The van der Waals surface area contributed by atoms with E-state index in [-0.39, 0.29) is 17.5 Å². The van der Waals surface area contributed by atoms with E-state index in [1.807, 2.05) is 4.90 Å². The molecule has 1 amide bonds. The molecule has 0 saturated carbocycles. The van der Waals surface area contributed by atoms with Crippen LogP contribution in [0.15, 0.2) is 22.3 Å². The van der Waals surface area contributed by atoms with Gasteiger partial charge in [0.1, 0.15) is 10.7 Å². The first kappa shape index (κ1) is 19.3. The van der Waals surface area contributed by atoms with Crippen molar-refractivity contribution < 1.29 is 4.79 Å². The second-order valence-corrected chi connectivity index (χ2v) is 10.7. The third-order valence-corrected chi connectivity index (χ3v) is 8.87. The van der Waals surface area contributed by atoms with Gasteiger partial charge in [0.2, 0.25) is 5.91 Å². The van der Waals surface area contributed by atoms with Gasteiger partial charge in [0.15, 0.2) is 0 Å². The molecule has 1 fully saturated rings. The third kappa shape index (κ3) is 3.78. The molecular formula is C21H23N3O2S3. The van der Waals surface area contributed by atoms with Crippen LogP contribution in [0.5, 0.6) is 0 Å². The van der Waals surface area contributed by atoms with Crippen LogP contribution in [-0.4, -0.2) is 33.1 Å². The molecule has 152 valence electrons. The number of nitrogens with zero attached hydrogens (tertiary/aromatic N) is 2. The highest BCUT2D eigenvalue weighted by Gasteiger charge is 2.30. The second kappa shape index (κ2) is 8.24. The van der Waals surface area contributed by atoms with Gasteiger partial charge in [-0.05, 0) is 55.5 Å². The summed E-state index contributed by atoms with van der Waals surface area (Å²) in [7, 11) is 0. The summed E-state index contributed by atoms with van der Waals surface area (Å²) >= 11 is 4.94. The number of rotatable bonds is 5. The first-order valence-corrected chi connectivity index (χ1v) is 13.0. The van der Waals surface area contributed by atoms with E-state index >= 15 is 0 Å². The third-order valence-electron chi connectivity index (χ3n) is 5.78. The van der Waals surface area contributed by atoms with Crippen LogP contribution < -0.4 is 5.56 Å². The van der Waals surface area contributed by atoms with Crippen LogP contribution in [0, 0.1) is 0 Å². The highest BCUT2D eigenvalue weighted by molar-refractivity contribution is 7.99. The van der Waals surface area contributed by atoms with Crippen molar-refractivity contribution in [1.29, 1.82) is 0 Å². The maximum absolute atomic E-state index is 12.8. The Balaban J connectivity index is 1.25. The molecule has 0 aromatic carbocycles. The molecule has 5 nitrogen and oxygen atoms in total. The number of carbonyl (C=O) groups is 1. The minimum atomic E-state index is -0.0198. The number of H-pyrrole nitrogens is 1. The zero-order chi connectivity index (χ0) is 19.8. The predicted molar refractivity (Wildman–Crippen MR) is 121 cm³/mol. The lowest BCUT2D eigenvalue weighted by Crippen LogP contribution is -2.31. The number of thiophene rings is 2. The van der Waals surface area contributed by atoms with Gasteiger partial charge in [0, 0.05) is 16.3 Å². The molecule has 8 heteroatoms. The van der Waals surface area contributed by atoms with Gasteiger partial charge in [-0.1, -0.05) is 6.07 Å². The maximum atomic E-state index is 12.8. The summed E-state index contributed by atoms with van der Waals surface area (Å²) in [5.74, 6) is 1.83. The number of fused-ring (bicyclic) bond motifs is 3. The molecule has 0 bridgehead atoms. The number of amides is 1. The molecule has 3 aromatic rings. The minimum absolute atomic E-state index is 0.0198. The molecule has 29 heavy (non-hydrogen) atoms. The smallest absolute Gasteiger partial charge is 0.259 e. The molecular weight excluding hydrogens is 422 g/mol. The number of thioether (sulfide) groups is 1. The van der Waals surface area contributed by atoms with E-state index in [1.165, 1.54) is 33.5 Å². The Hall–Kier alpha value is -1.64. The topological polar surface area (TPSA) is 66.1 Å². The van der Waals surface area contributed by atoms with Gasteiger partial charge in [-0.2, -0.15) is 0 Å². The average Bonchev–Trinajstić information content (AvgIpc) is 3.45. The van der Waals surface area contributed by atoms with E-state index in [0.717, 1.165) is 48.9 Å². The largest absolute Gasteiger partial charge is 0.334 e. The van der Waals surface area contributed by atoms with Gasteiger partial charge >= 0.3 is 0 Å². The van der Waals surface area contributed by atoms with Crippen LogP contribution >= 0.6 is 34.4 Å². The van der Waals surface area contributed by atoms with Crippen LogP contribution in [0.2, 0.25) is 0 Å². The maximum Gasteiger partial charge on any atom is 0.259 e. The van der Waals surface area contributed by atoms with E-state index in [4.69, 9.17) is 4.98 Å². The number of hydrogen-bond donors (Lipinski definition) is 1. The summed E-state index contributed by atoms with van der Waals surface area (Å²) in [6.45, 7) is 0.837. The van der Waals surface area contributed by atoms with Crippen molar-refractivity contribution in [3.63, 3.8) is 0 Å². The fourth-order valence-corrected chi connectivity index (χ4v) is 7.36. The minimum Gasteiger partial charge on any atom is -0.334 e. The van der Waals surface area contributed by atoms with Gasteiger partial charge in [-0.25, -0.2) is 4.98 Å². The molecule has 5 rings (SSSR count). The van der Waals surface area contributed by atoms with Crippen LogP contribution in [0.3, 0.4) is 0 Å². The van der Waals surface area contributed by atoms with Crippen LogP contribution in [0.4, 0.5) is 0 Å². The van der Waals surface area contributed by atoms with E-state index < -0.39 is 0 Å². The number of likely N-dealkylation sites (tertiary alicyclic amines) is 1. The molecule has 1 atom stereocenters. The summed E-state index contributed by atoms with van der Waals surface area (Å²) in [5.41, 5.74) is 1.20. The first-order chi connectivity index (χ1) is 14.2. The summed E-state index contributed by atoms with van der Waals surface area (Å²) in [5, 5.41) is 2.87. The van der Waals surface area contributed by atoms with Gasteiger partial charge in [-0.15, -0.1) is 34.4 Å². The lowest BCUT2D eigenvalue weighted by atomic mass is 9.97. The molecule has 1 aliphatic heterocycles. The Morgan fingerprint density at radius 3 is 3.07 bits per heavy atom. The van der Waals surface area contributed by atoms with Crippen molar-refractivity contribution in [3.8, 4) is 0 Å². The molecule has 1 N–H and O–H groups in total. The molecule has 1 unspecified atom stereocenters. The highest BCUT2D eigenvalue weighted by Crippen LogP contribution is 2.35. The van der Waals surface area contributed by atoms with Gasteiger partial charge in [0.05, 0.1) is 22.9 Å². The number of aromatic nitrogens is 2. The summed E-state index contributed by atoms with van der Waals surface area (Å²) in [4.78, 5) is 38.6. The van der Waals surface area contributed by atoms with E-state index in [9.17, 15) is 9.59 Å². The van der Waals surface area contributed by atoms with Crippen molar-refractivity contribution in [3.05, 3.63) is 49.0 Å². The monoisotopic (exact) mass is 445 g/mol. The summed E-state index contributed by atoms with van der Waals surface area (Å²) < 4.78 is 0. The van der Waals surface area contributed by atoms with Gasteiger partial charge in [0.25, 0.3) is 5.56 Å². The van der Waals surface area contributed by atoms with Crippen molar-refractivity contribution in [1.82, 2.24) is 14.9 Å². The zero-order valence-corrected chi connectivity index (χ0v) is 18.6. The van der Waals surface area contributed by atoms with E-state index in [0.29, 0.717) is 17.3 Å². The molecule has 1 saturated heterocycles. The number of hydrogen-bond acceptors (Lipinski definition) is 6. The number of aromatic amines is 1. The normalized spacial score (nSPS) is 19.0. The molecule has 3 aromatic heterocycles. The Morgan fingerprint density at radius 2 is 2.21 bits per heavy atom. The predicted octanol–water partition coefficient (Wildman–Crippen LogP) is 4.52. The van der Waals surface area contributed by atoms with Crippen LogP contribution in [0.25, 0.3) is 10.2 Å². The van der Waals surface area contributed by atoms with Gasteiger partial charge < -0.3 is 9.88 Å². The Kier molecular flexibility index (Phi) is 5.49. The Bertz CT molecular complexity index is 1090. The second-order valence-electron chi connectivity index (χ2n) is 7.66. The molecule has 0 spiro atoms. The zero-order valence-electron chi connectivity index (χ0n) is 16.1. The first-order valence-electron chi connectivity index (χ1n) is 10.1. The van der Waals surface area contributed by atoms with E-state index in [2.05, 4.69) is 22.5 Å². The fourth-order valence-electron chi connectivity index (χ4n) is 4.44. The number of nitrogens with one attached hydrogen (secondary N) is 1. The number of aryl methyl sites for hydroxylation is 2. The standard InChI is InChI=1S/C21H23N3O2S3/c25-18(24-9-3-6-14(24)16-8-4-10-28-16)12-27-11-17-22-20(26)19-13-5-1-2-7-15(13)29-21(19)23-17/h4,8,10,14H,1-3,5-7,9,11-12H2,(H,22,23,26). The fraction of sp³-hybridized carbons (Fsp3) is 0.476. The molecule has 4 heterocycles. The number of carbonyl (C=O) groups excluding carboxylic acids is 1. The van der Waals surface area contributed by atoms with Crippen molar-refractivity contribution >= 4 is 50.6 Å². The quantitative estimate of drug-likeness (QED) is 0.627. The van der Waals surface area contributed by atoms with E-state index in [1.54, 1.807) is 22.7 Å². The lowest BCUT2D eigenvalue weighted by Gasteiger charge is -2.23. The van der Waals surface area contributed by atoms with Crippen LogP contribution in [-0.2, 0) is 23.4 Å².